The van der Waals surface area contributed by atoms with Crippen LogP contribution in [0.15, 0.2) is 18.2 Å². The first-order chi connectivity index (χ1) is 8.06. The Morgan fingerprint density at radius 1 is 1.47 bits per heavy atom. The van der Waals surface area contributed by atoms with Crippen molar-refractivity contribution in [2.24, 2.45) is 5.92 Å². The van der Waals surface area contributed by atoms with Crippen molar-refractivity contribution in [1.82, 2.24) is 5.32 Å². The van der Waals surface area contributed by atoms with Crippen LogP contribution in [-0.2, 0) is 5.60 Å². The third-order valence-electron chi connectivity index (χ3n) is 3.78. The van der Waals surface area contributed by atoms with Crippen molar-refractivity contribution < 1.29 is 9.50 Å². The SMILES string of the molecule is CCC1CNCCC1(O)c1cc(C)cc(F)c1. The van der Waals surface area contributed by atoms with Gasteiger partial charge in [-0.05, 0) is 49.6 Å². The molecule has 2 rings (SSSR count). The van der Waals surface area contributed by atoms with Crippen molar-refractivity contribution in [2.75, 3.05) is 13.1 Å². The molecule has 2 atom stereocenters. The summed E-state index contributed by atoms with van der Waals surface area (Å²) in [6.07, 6.45) is 1.54. The third-order valence-corrected chi connectivity index (χ3v) is 3.78. The zero-order chi connectivity index (χ0) is 12.5. The summed E-state index contributed by atoms with van der Waals surface area (Å²) >= 11 is 0. The monoisotopic (exact) mass is 237 g/mol. The average Bonchev–Trinajstić information content (AvgIpc) is 2.28. The molecule has 0 aromatic heterocycles. The van der Waals surface area contributed by atoms with Crippen LogP contribution < -0.4 is 5.32 Å². The van der Waals surface area contributed by atoms with E-state index < -0.39 is 5.60 Å². The first kappa shape index (κ1) is 12.5. The highest BCUT2D eigenvalue weighted by Crippen LogP contribution is 2.37. The van der Waals surface area contributed by atoms with Crippen LogP contribution in [0.3, 0.4) is 0 Å². The molecule has 0 saturated carbocycles. The smallest absolute Gasteiger partial charge is 0.123 e. The molecule has 1 aliphatic heterocycles. The number of aliphatic hydroxyl groups is 1. The van der Waals surface area contributed by atoms with Crippen LogP contribution in [0.2, 0.25) is 0 Å². The molecule has 94 valence electrons. The van der Waals surface area contributed by atoms with Gasteiger partial charge in [-0.2, -0.15) is 0 Å². The summed E-state index contributed by atoms with van der Waals surface area (Å²) in [6.45, 7) is 5.50. The Labute approximate surface area is 102 Å². The molecule has 1 heterocycles. The second-order valence-electron chi connectivity index (χ2n) is 5.00. The van der Waals surface area contributed by atoms with E-state index in [1.807, 2.05) is 13.0 Å². The van der Waals surface area contributed by atoms with Crippen molar-refractivity contribution in [3.8, 4) is 0 Å². The standard InChI is InChI=1S/C14H20FNO/c1-3-11-9-16-5-4-14(11,17)12-6-10(2)7-13(15)8-12/h6-8,11,16-17H,3-5,9H2,1-2H3. The van der Waals surface area contributed by atoms with Gasteiger partial charge in [-0.25, -0.2) is 4.39 Å². The Balaban J connectivity index is 2.40. The van der Waals surface area contributed by atoms with E-state index in [2.05, 4.69) is 12.2 Å². The van der Waals surface area contributed by atoms with E-state index in [9.17, 15) is 9.50 Å². The minimum absolute atomic E-state index is 0.150. The average molecular weight is 237 g/mol. The molecule has 2 nitrogen and oxygen atoms in total. The molecular formula is C14H20FNO. The Kier molecular flexibility index (Phi) is 3.50. The van der Waals surface area contributed by atoms with E-state index in [0.29, 0.717) is 6.42 Å². The molecule has 0 aliphatic carbocycles. The summed E-state index contributed by atoms with van der Waals surface area (Å²) in [4.78, 5) is 0. The minimum Gasteiger partial charge on any atom is -0.385 e. The summed E-state index contributed by atoms with van der Waals surface area (Å²) in [6, 6.07) is 4.87. The van der Waals surface area contributed by atoms with Gasteiger partial charge in [0, 0.05) is 12.5 Å². The number of piperidine rings is 1. The lowest BCUT2D eigenvalue weighted by Gasteiger charge is -2.40. The molecule has 1 fully saturated rings. The fourth-order valence-electron chi connectivity index (χ4n) is 2.78. The highest BCUT2D eigenvalue weighted by molar-refractivity contribution is 5.30. The first-order valence-electron chi connectivity index (χ1n) is 6.27. The minimum atomic E-state index is -0.882. The van der Waals surface area contributed by atoms with Crippen molar-refractivity contribution in [3.63, 3.8) is 0 Å². The molecule has 1 aromatic rings. The molecule has 0 amide bonds. The molecule has 0 spiro atoms. The Morgan fingerprint density at radius 3 is 2.88 bits per heavy atom. The Morgan fingerprint density at radius 2 is 2.24 bits per heavy atom. The van der Waals surface area contributed by atoms with Crippen LogP contribution >= 0.6 is 0 Å². The lowest BCUT2D eigenvalue weighted by Crippen LogP contribution is -2.47. The van der Waals surface area contributed by atoms with Gasteiger partial charge in [0.15, 0.2) is 0 Å². The Bertz CT molecular complexity index is 387. The number of aryl methyl sites for hydroxylation is 1. The largest absolute Gasteiger partial charge is 0.385 e. The molecule has 2 N–H and O–H groups in total. The zero-order valence-corrected chi connectivity index (χ0v) is 10.5. The highest BCUT2D eigenvalue weighted by Gasteiger charge is 2.39. The number of hydrogen-bond donors (Lipinski definition) is 2. The molecule has 3 heteroatoms. The second kappa shape index (κ2) is 4.75. The summed E-state index contributed by atoms with van der Waals surface area (Å²) in [5.74, 6) is -0.112. The predicted octanol–water partition coefficient (Wildman–Crippen LogP) is 2.34. The van der Waals surface area contributed by atoms with E-state index in [4.69, 9.17) is 0 Å². The maximum Gasteiger partial charge on any atom is 0.123 e. The van der Waals surface area contributed by atoms with Crippen molar-refractivity contribution >= 4 is 0 Å². The Hall–Kier alpha value is -0.930. The lowest BCUT2D eigenvalue weighted by atomic mass is 9.75. The van der Waals surface area contributed by atoms with Gasteiger partial charge in [0.05, 0.1) is 5.60 Å². The van der Waals surface area contributed by atoms with Crippen LogP contribution in [-0.4, -0.2) is 18.2 Å². The van der Waals surface area contributed by atoms with Crippen molar-refractivity contribution in [3.05, 3.63) is 35.1 Å². The fourth-order valence-corrected chi connectivity index (χ4v) is 2.78. The summed E-state index contributed by atoms with van der Waals surface area (Å²) < 4.78 is 13.5. The van der Waals surface area contributed by atoms with Crippen LogP contribution in [0, 0.1) is 18.7 Å². The van der Waals surface area contributed by atoms with E-state index in [1.165, 1.54) is 12.1 Å². The molecule has 17 heavy (non-hydrogen) atoms. The van der Waals surface area contributed by atoms with Crippen LogP contribution in [0.5, 0.6) is 0 Å². The third kappa shape index (κ3) is 2.35. The molecule has 0 radical (unpaired) electrons. The predicted molar refractivity (Wildman–Crippen MR) is 66.3 cm³/mol. The number of benzene rings is 1. The number of halogens is 1. The van der Waals surface area contributed by atoms with Gasteiger partial charge in [-0.3, -0.25) is 0 Å². The van der Waals surface area contributed by atoms with Crippen molar-refractivity contribution in [1.29, 1.82) is 0 Å². The van der Waals surface area contributed by atoms with E-state index >= 15 is 0 Å². The van der Waals surface area contributed by atoms with E-state index in [-0.39, 0.29) is 11.7 Å². The van der Waals surface area contributed by atoms with Gasteiger partial charge in [-0.1, -0.05) is 13.0 Å². The van der Waals surface area contributed by atoms with Gasteiger partial charge < -0.3 is 10.4 Å². The highest BCUT2D eigenvalue weighted by atomic mass is 19.1. The lowest BCUT2D eigenvalue weighted by molar-refractivity contribution is -0.0481. The maximum atomic E-state index is 13.5. The van der Waals surface area contributed by atoms with Crippen molar-refractivity contribution in [2.45, 2.75) is 32.3 Å². The number of hydrogen-bond acceptors (Lipinski definition) is 2. The number of rotatable bonds is 2. The van der Waals surface area contributed by atoms with Gasteiger partial charge in [0.1, 0.15) is 5.82 Å². The van der Waals surface area contributed by atoms with E-state index in [0.717, 1.165) is 30.6 Å². The topological polar surface area (TPSA) is 32.3 Å². The summed E-state index contributed by atoms with van der Waals surface area (Å²) in [7, 11) is 0. The van der Waals surface area contributed by atoms with Gasteiger partial charge in [0.2, 0.25) is 0 Å². The molecule has 1 saturated heterocycles. The molecular weight excluding hydrogens is 217 g/mol. The van der Waals surface area contributed by atoms with Crippen LogP contribution in [0.25, 0.3) is 0 Å². The molecule has 0 bridgehead atoms. The molecule has 1 aromatic carbocycles. The van der Waals surface area contributed by atoms with E-state index in [1.54, 1.807) is 0 Å². The first-order valence-corrected chi connectivity index (χ1v) is 6.27. The molecule has 2 unspecified atom stereocenters. The number of nitrogens with one attached hydrogen (secondary N) is 1. The van der Waals surface area contributed by atoms with Crippen LogP contribution in [0.1, 0.15) is 30.9 Å². The normalized spacial score (nSPS) is 29.3. The zero-order valence-electron chi connectivity index (χ0n) is 10.5. The van der Waals surface area contributed by atoms with Crippen LogP contribution in [0.4, 0.5) is 4.39 Å². The summed E-state index contributed by atoms with van der Waals surface area (Å²) in [5.41, 5.74) is 0.706. The van der Waals surface area contributed by atoms with Gasteiger partial charge in [0.25, 0.3) is 0 Å². The molecule has 1 aliphatic rings. The van der Waals surface area contributed by atoms with Gasteiger partial charge >= 0.3 is 0 Å². The fraction of sp³-hybridized carbons (Fsp3) is 0.571. The summed E-state index contributed by atoms with van der Waals surface area (Å²) in [5, 5.41) is 14.1. The maximum absolute atomic E-state index is 13.5. The quantitative estimate of drug-likeness (QED) is 0.827. The van der Waals surface area contributed by atoms with Gasteiger partial charge in [-0.15, -0.1) is 0 Å². The second-order valence-corrected chi connectivity index (χ2v) is 5.00.